The first kappa shape index (κ1) is 51.1. The molecule has 0 bridgehead atoms. The Kier molecular flexibility index (Phi) is 14.1. The number of rotatable bonds is 13. The molecule has 0 saturated carbocycles. The summed E-state index contributed by atoms with van der Waals surface area (Å²) in [6.07, 6.45) is 2.76. The van der Waals surface area contributed by atoms with Crippen molar-refractivity contribution in [2.45, 2.75) is 45.3 Å². The fraction of sp³-hybridized carbons (Fsp3) is 0.0886. The van der Waals surface area contributed by atoms with Crippen LogP contribution in [0.25, 0.3) is 100 Å². The van der Waals surface area contributed by atoms with Crippen LogP contribution in [0.1, 0.15) is 24.0 Å². The molecule has 1 nitrogen and oxygen atoms in total. The summed E-state index contributed by atoms with van der Waals surface area (Å²) in [6, 6.07) is 111. The van der Waals surface area contributed by atoms with Gasteiger partial charge in [0.05, 0.1) is 8.07 Å². The number of benzene rings is 12. The molecule has 0 radical (unpaired) electrons. The Labute approximate surface area is 480 Å². The van der Waals surface area contributed by atoms with Gasteiger partial charge in [-0.15, -0.1) is 0 Å². The monoisotopic (exact) mass is 1060 g/mol. The van der Waals surface area contributed by atoms with E-state index in [-0.39, 0.29) is 0 Å². The van der Waals surface area contributed by atoms with Gasteiger partial charge in [0.25, 0.3) is 0 Å². The molecule has 81 heavy (non-hydrogen) atoms. The maximum Gasteiger partial charge on any atom is 0.0836 e. The molecule has 0 aliphatic carbocycles. The summed E-state index contributed by atoms with van der Waals surface area (Å²) < 4.78 is 0. The van der Waals surface area contributed by atoms with Crippen molar-refractivity contribution < 1.29 is 0 Å². The zero-order valence-electron chi connectivity index (χ0n) is 46.5. The van der Waals surface area contributed by atoms with Crippen LogP contribution in [0.15, 0.2) is 291 Å². The minimum atomic E-state index is -1.37. The molecule has 390 valence electrons. The Hall–Kier alpha value is -9.34. The minimum absolute atomic E-state index is 1.08. The quantitative estimate of drug-likeness (QED) is 0.104. The third-order valence-electron chi connectivity index (χ3n) is 17.1. The summed E-state index contributed by atoms with van der Waals surface area (Å²) in [4.78, 5) is 2.41. The Morgan fingerprint density at radius 3 is 0.901 bits per heavy atom. The Bertz CT molecular complexity index is 3940. The van der Waals surface area contributed by atoms with Gasteiger partial charge in [-0.1, -0.05) is 273 Å². The molecule has 0 N–H and O–H groups in total. The maximum absolute atomic E-state index is 2.58. The average Bonchev–Trinajstić information content (AvgIpc) is 4.11. The number of hydrogen-bond donors (Lipinski definition) is 0. The number of nitrogens with zero attached hydrogens (tertiary/aromatic N) is 1. The van der Waals surface area contributed by atoms with Crippen LogP contribution in [0, 0.1) is 13.8 Å². The van der Waals surface area contributed by atoms with E-state index >= 15 is 0 Å². The summed E-state index contributed by atoms with van der Waals surface area (Å²) >= 11 is 0. The molecule has 0 spiro atoms. The van der Waals surface area contributed by atoms with Crippen LogP contribution in [-0.2, 0) is 0 Å². The maximum atomic E-state index is 2.58. The van der Waals surface area contributed by atoms with E-state index in [0.29, 0.717) is 0 Å². The highest BCUT2D eigenvalue weighted by Gasteiger charge is 2.33. The normalized spacial score (nSPS) is 12.8. The van der Waals surface area contributed by atoms with Crippen LogP contribution in [0.4, 0.5) is 17.1 Å². The van der Waals surface area contributed by atoms with Gasteiger partial charge in [0.15, 0.2) is 0 Å². The molecule has 12 aromatic carbocycles. The van der Waals surface area contributed by atoms with Crippen molar-refractivity contribution in [3.8, 4) is 100 Å². The zero-order chi connectivity index (χ0) is 54.7. The van der Waals surface area contributed by atoms with E-state index in [1.54, 1.807) is 5.19 Å². The number of aryl methyl sites for hydroxylation is 2. The van der Waals surface area contributed by atoms with Gasteiger partial charge in [0.2, 0.25) is 0 Å². The fourth-order valence-corrected chi connectivity index (χ4v) is 16.5. The second kappa shape index (κ2) is 22.4. The van der Waals surface area contributed by atoms with Gasteiger partial charge in [0, 0.05) is 17.1 Å². The summed E-state index contributed by atoms with van der Waals surface area (Å²) in [5.41, 5.74) is 27.6. The smallest absolute Gasteiger partial charge is 0.0836 e. The highest BCUT2D eigenvalue weighted by molar-refractivity contribution is 6.91. The summed E-state index contributed by atoms with van der Waals surface area (Å²) in [5.74, 6) is 0. The Balaban J connectivity index is 0.925. The minimum Gasteiger partial charge on any atom is -0.311 e. The summed E-state index contributed by atoms with van der Waals surface area (Å²) in [7, 11) is -1.37. The molecule has 0 atom stereocenters. The average molecular weight is 1060 g/mol. The van der Waals surface area contributed by atoms with Crippen LogP contribution >= 0.6 is 0 Å². The standard InChI is InChI=1S/C79H65NSi/c1-56-51-75(62-27-15-7-16-28-62)78(54-73(56)60-23-11-5-12-24-60)65-33-42-69(43-34-65)80(70-44-35-66(36-45-70)79-55-74(61-25-13-6-14-26-61)57(2)52-76(79)63-29-17-8-18-30-63)68-40-31-64(32-41-68)77-53-67(39-48-72(77)59-21-9-4-10-22-59)58-37-46-71(47-38-58)81(3)49-19-20-50-81/h4-18,21-48,51-55H,19-20,49-50H2,1-3H3. The van der Waals surface area contributed by atoms with Crippen molar-refractivity contribution in [1.29, 1.82) is 0 Å². The molecule has 1 aliphatic heterocycles. The summed E-state index contributed by atoms with van der Waals surface area (Å²) in [5, 5.41) is 1.60. The first-order valence-corrected chi connectivity index (χ1v) is 31.7. The molecule has 2 heteroatoms. The molecule has 13 rings (SSSR count). The molecular weight excluding hydrogens is 991 g/mol. The first-order valence-electron chi connectivity index (χ1n) is 28.8. The van der Waals surface area contributed by atoms with E-state index in [1.807, 2.05) is 0 Å². The lowest BCUT2D eigenvalue weighted by Crippen LogP contribution is -2.41. The van der Waals surface area contributed by atoms with Crippen LogP contribution in [0.3, 0.4) is 0 Å². The van der Waals surface area contributed by atoms with E-state index < -0.39 is 8.07 Å². The number of hydrogen-bond acceptors (Lipinski definition) is 1. The number of anilines is 3. The van der Waals surface area contributed by atoms with Gasteiger partial charge in [-0.25, -0.2) is 0 Å². The van der Waals surface area contributed by atoms with Gasteiger partial charge < -0.3 is 4.90 Å². The summed E-state index contributed by atoms with van der Waals surface area (Å²) in [6.45, 7) is 7.05. The molecule has 1 saturated heterocycles. The predicted octanol–water partition coefficient (Wildman–Crippen LogP) is 21.9. The second-order valence-electron chi connectivity index (χ2n) is 22.3. The van der Waals surface area contributed by atoms with Crippen molar-refractivity contribution in [2.24, 2.45) is 0 Å². The lowest BCUT2D eigenvalue weighted by molar-refractivity contribution is 0.935. The van der Waals surface area contributed by atoms with E-state index in [4.69, 9.17) is 0 Å². The van der Waals surface area contributed by atoms with Gasteiger partial charge in [0.1, 0.15) is 0 Å². The van der Waals surface area contributed by atoms with E-state index in [0.717, 1.165) is 17.1 Å². The van der Waals surface area contributed by atoms with Crippen molar-refractivity contribution >= 4 is 30.3 Å². The van der Waals surface area contributed by atoms with E-state index in [9.17, 15) is 0 Å². The molecule has 1 fully saturated rings. The van der Waals surface area contributed by atoms with Crippen molar-refractivity contribution in [3.05, 3.63) is 302 Å². The second-order valence-corrected chi connectivity index (χ2v) is 27.0. The third kappa shape index (κ3) is 10.4. The molecule has 0 amide bonds. The lowest BCUT2D eigenvalue weighted by atomic mass is 9.88. The Morgan fingerprint density at radius 2 is 0.531 bits per heavy atom. The van der Waals surface area contributed by atoms with Gasteiger partial charge in [-0.05, 0) is 180 Å². The van der Waals surface area contributed by atoms with E-state index in [2.05, 4.69) is 316 Å². The molecule has 0 unspecified atom stereocenters. The highest BCUT2D eigenvalue weighted by atomic mass is 28.3. The molecule has 1 aliphatic rings. The van der Waals surface area contributed by atoms with Gasteiger partial charge in [-0.3, -0.25) is 0 Å². The molecule has 12 aromatic rings. The zero-order valence-corrected chi connectivity index (χ0v) is 47.5. The SMILES string of the molecule is Cc1cc(-c2ccccc2)c(-c2ccc(N(c3ccc(-c4cc(-c5ccc([Si]6(C)CCCC6)cc5)ccc4-c4ccccc4)cc3)c3ccc(-c4cc(-c5ccccc5)c(C)cc4-c4ccccc4)cc3)cc2)cc1-c1ccccc1. The molecule has 0 aromatic heterocycles. The van der Waals surface area contributed by atoms with Crippen molar-refractivity contribution in [3.63, 3.8) is 0 Å². The van der Waals surface area contributed by atoms with Crippen molar-refractivity contribution in [1.82, 2.24) is 0 Å². The fourth-order valence-electron chi connectivity index (χ4n) is 12.6. The van der Waals surface area contributed by atoms with Crippen LogP contribution in [-0.4, -0.2) is 8.07 Å². The Morgan fingerprint density at radius 1 is 0.247 bits per heavy atom. The van der Waals surface area contributed by atoms with Crippen molar-refractivity contribution in [2.75, 3.05) is 4.90 Å². The first-order chi connectivity index (χ1) is 39.8. The van der Waals surface area contributed by atoms with Gasteiger partial charge in [-0.2, -0.15) is 0 Å². The third-order valence-corrected chi connectivity index (χ3v) is 21.7. The lowest BCUT2D eigenvalue weighted by Gasteiger charge is -2.27. The van der Waals surface area contributed by atoms with Crippen LogP contribution < -0.4 is 10.1 Å². The largest absolute Gasteiger partial charge is 0.311 e. The topological polar surface area (TPSA) is 3.24 Å². The van der Waals surface area contributed by atoms with Crippen LogP contribution in [0.2, 0.25) is 18.6 Å². The predicted molar refractivity (Wildman–Crippen MR) is 350 cm³/mol. The molecular formula is C79H65NSi. The van der Waals surface area contributed by atoms with Gasteiger partial charge >= 0.3 is 0 Å². The molecule has 1 heterocycles. The van der Waals surface area contributed by atoms with E-state index in [1.165, 1.54) is 136 Å². The van der Waals surface area contributed by atoms with Crippen LogP contribution in [0.5, 0.6) is 0 Å². The highest BCUT2D eigenvalue weighted by Crippen LogP contribution is 2.44.